The van der Waals surface area contributed by atoms with Crippen LogP contribution in [0.1, 0.15) is 18.4 Å². The summed E-state index contributed by atoms with van der Waals surface area (Å²) in [4.78, 5) is 11.6. The summed E-state index contributed by atoms with van der Waals surface area (Å²) in [6, 6.07) is 5.09. The predicted octanol–water partition coefficient (Wildman–Crippen LogP) is 1.68. The second kappa shape index (κ2) is 5.36. The van der Waals surface area contributed by atoms with Crippen LogP contribution in [-0.2, 0) is 10.7 Å². The Labute approximate surface area is 115 Å². The topological polar surface area (TPSA) is 58.6 Å². The molecule has 0 radical (unpaired) electrons. The molecule has 0 spiro atoms. The van der Waals surface area contributed by atoms with Crippen LogP contribution in [-0.4, -0.2) is 31.3 Å². The highest BCUT2D eigenvalue weighted by atomic mass is 19.3. The molecule has 1 amide bonds. The van der Waals surface area contributed by atoms with E-state index in [-0.39, 0.29) is 18.7 Å². The maximum atomic E-state index is 14.0. The van der Waals surface area contributed by atoms with E-state index >= 15 is 0 Å². The number of aliphatic hydroxyl groups is 1. The number of carbonyl (C=O) groups is 1. The zero-order chi connectivity index (χ0) is 14.8. The third-order valence-electron chi connectivity index (χ3n) is 3.65. The Hall–Kier alpha value is -1.69. The highest BCUT2D eigenvalue weighted by Gasteiger charge is 2.45. The van der Waals surface area contributed by atoms with Crippen LogP contribution in [0.4, 0.5) is 8.78 Å². The van der Waals surface area contributed by atoms with E-state index in [0.29, 0.717) is 5.75 Å². The van der Waals surface area contributed by atoms with Crippen LogP contribution in [0.2, 0.25) is 0 Å². The largest absolute Gasteiger partial charge is 0.497 e. The number of benzene rings is 1. The molecule has 110 valence electrons. The number of carbonyl (C=O) groups excluding carboxylic acids is 1. The van der Waals surface area contributed by atoms with E-state index < -0.39 is 17.2 Å². The Morgan fingerprint density at radius 1 is 1.40 bits per heavy atom. The van der Waals surface area contributed by atoms with E-state index in [0.717, 1.165) is 25.0 Å². The zero-order valence-electron chi connectivity index (χ0n) is 11.2. The summed E-state index contributed by atoms with van der Waals surface area (Å²) in [5, 5.41) is 11.3. The Morgan fingerprint density at radius 2 is 2.00 bits per heavy atom. The Kier molecular flexibility index (Phi) is 3.94. The standard InChI is InChI=1S/C14H17F2NO3/c1-20-11-4-2-10(3-5-11)14(15,16)12(19)17-8-13(9-18)6-7-13/h2-5,18H,6-9H2,1H3,(H,17,19). The van der Waals surface area contributed by atoms with Crippen molar-refractivity contribution < 1.29 is 23.4 Å². The molecule has 20 heavy (non-hydrogen) atoms. The van der Waals surface area contributed by atoms with E-state index in [2.05, 4.69) is 5.32 Å². The van der Waals surface area contributed by atoms with Crippen molar-refractivity contribution >= 4 is 5.91 Å². The fraction of sp³-hybridized carbons (Fsp3) is 0.500. The number of halogens is 2. The van der Waals surface area contributed by atoms with Crippen LogP contribution in [0.5, 0.6) is 5.75 Å². The molecular formula is C14H17F2NO3. The van der Waals surface area contributed by atoms with Gasteiger partial charge in [0.05, 0.1) is 13.7 Å². The van der Waals surface area contributed by atoms with Gasteiger partial charge in [-0.2, -0.15) is 8.78 Å². The van der Waals surface area contributed by atoms with Crippen LogP contribution < -0.4 is 10.1 Å². The predicted molar refractivity (Wildman–Crippen MR) is 68.7 cm³/mol. The first-order valence-corrected chi connectivity index (χ1v) is 6.35. The van der Waals surface area contributed by atoms with E-state index in [9.17, 15) is 13.6 Å². The fourth-order valence-electron chi connectivity index (χ4n) is 1.88. The molecule has 0 saturated heterocycles. The van der Waals surface area contributed by atoms with Crippen molar-refractivity contribution in [1.29, 1.82) is 0 Å². The molecule has 0 unspecified atom stereocenters. The summed E-state index contributed by atoms with van der Waals surface area (Å²) in [5.74, 6) is -4.50. The van der Waals surface area contributed by atoms with Crippen molar-refractivity contribution in [3.8, 4) is 5.75 Å². The quantitative estimate of drug-likeness (QED) is 0.836. The first-order valence-electron chi connectivity index (χ1n) is 6.35. The molecular weight excluding hydrogens is 268 g/mol. The fourth-order valence-corrected chi connectivity index (χ4v) is 1.88. The molecule has 0 aromatic heterocycles. The molecule has 1 aliphatic carbocycles. The third kappa shape index (κ3) is 2.90. The summed E-state index contributed by atoms with van der Waals surface area (Å²) in [7, 11) is 1.43. The first kappa shape index (κ1) is 14.7. The van der Waals surface area contributed by atoms with E-state index in [4.69, 9.17) is 9.84 Å². The van der Waals surface area contributed by atoms with Gasteiger partial charge in [-0.15, -0.1) is 0 Å². The van der Waals surface area contributed by atoms with Gasteiger partial charge >= 0.3 is 5.92 Å². The average molecular weight is 285 g/mol. The third-order valence-corrected chi connectivity index (χ3v) is 3.65. The van der Waals surface area contributed by atoms with E-state index in [1.54, 1.807) is 0 Å². The lowest BCUT2D eigenvalue weighted by atomic mass is 10.1. The molecule has 2 N–H and O–H groups in total. The van der Waals surface area contributed by atoms with Gasteiger partial charge in [0.15, 0.2) is 0 Å². The molecule has 1 fully saturated rings. The van der Waals surface area contributed by atoms with Gasteiger partial charge in [0.25, 0.3) is 5.91 Å². The lowest BCUT2D eigenvalue weighted by molar-refractivity contribution is -0.147. The van der Waals surface area contributed by atoms with Gasteiger partial charge in [0.2, 0.25) is 0 Å². The van der Waals surface area contributed by atoms with Gasteiger partial charge < -0.3 is 15.2 Å². The summed E-state index contributed by atoms with van der Waals surface area (Å²) >= 11 is 0. The Bertz CT molecular complexity index is 484. The number of amides is 1. The van der Waals surface area contributed by atoms with Gasteiger partial charge in [-0.25, -0.2) is 0 Å². The lowest BCUT2D eigenvalue weighted by Crippen LogP contribution is -2.41. The van der Waals surface area contributed by atoms with Crippen molar-refractivity contribution in [2.24, 2.45) is 5.41 Å². The van der Waals surface area contributed by atoms with Gasteiger partial charge in [0.1, 0.15) is 5.75 Å². The molecule has 1 aliphatic rings. The zero-order valence-corrected chi connectivity index (χ0v) is 11.2. The lowest BCUT2D eigenvalue weighted by Gasteiger charge is -2.19. The molecule has 2 rings (SSSR count). The number of methoxy groups -OCH3 is 1. The second-order valence-corrected chi connectivity index (χ2v) is 5.14. The normalized spacial score (nSPS) is 16.6. The van der Waals surface area contributed by atoms with Crippen LogP contribution in [0, 0.1) is 5.41 Å². The number of rotatable bonds is 6. The van der Waals surface area contributed by atoms with Crippen molar-refractivity contribution in [3.63, 3.8) is 0 Å². The number of nitrogens with one attached hydrogen (secondary N) is 1. The van der Waals surface area contributed by atoms with Gasteiger partial charge in [-0.3, -0.25) is 4.79 Å². The maximum absolute atomic E-state index is 14.0. The van der Waals surface area contributed by atoms with Crippen LogP contribution in [0.3, 0.4) is 0 Å². The highest BCUT2D eigenvalue weighted by molar-refractivity contribution is 5.84. The smallest absolute Gasteiger partial charge is 0.349 e. The molecule has 0 atom stereocenters. The molecule has 4 nitrogen and oxygen atoms in total. The monoisotopic (exact) mass is 285 g/mol. The summed E-state index contributed by atoms with van der Waals surface area (Å²) in [6.07, 6.45) is 1.50. The van der Waals surface area contributed by atoms with Crippen molar-refractivity contribution in [1.82, 2.24) is 5.32 Å². The maximum Gasteiger partial charge on any atom is 0.349 e. The summed E-state index contributed by atoms with van der Waals surface area (Å²) < 4.78 is 32.8. The molecule has 0 aliphatic heterocycles. The molecule has 0 bridgehead atoms. The van der Waals surface area contributed by atoms with Crippen molar-refractivity contribution in [2.75, 3.05) is 20.3 Å². The molecule has 1 saturated carbocycles. The summed E-state index contributed by atoms with van der Waals surface area (Å²) in [5.41, 5.74) is -0.782. The average Bonchev–Trinajstić information content (AvgIpc) is 3.25. The molecule has 6 heteroatoms. The number of hydrogen-bond acceptors (Lipinski definition) is 3. The van der Waals surface area contributed by atoms with E-state index in [1.165, 1.54) is 19.2 Å². The van der Waals surface area contributed by atoms with Crippen molar-refractivity contribution in [3.05, 3.63) is 29.8 Å². The number of hydrogen-bond donors (Lipinski definition) is 2. The van der Waals surface area contributed by atoms with Crippen LogP contribution in [0.25, 0.3) is 0 Å². The summed E-state index contributed by atoms with van der Waals surface area (Å²) in [6.45, 7) is -0.0184. The Morgan fingerprint density at radius 3 is 2.45 bits per heavy atom. The number of aliphatic hydroxyl groups excluding tert-OH is 1. The van der Waals surface area contributed by atoms with E-state index in [1.807, 2.05) is 0 Å². The molecule has 1 aromatic rings. The first-order chi connectivity index (χ1) is 9.43. The minimum atomic E-state index is -3.60. The Balaban J connectivity index is 2.02. The number of ether oxygens (including phenoxy) is 1. The number of alkyl halides is 2. The van der Waals surface area contributed by atoms with Gasteiger partial charge in [-0.1, -0.05) is 0 Å². The minimum absolute atomic E-state index is 0.0775. The second-order valence-electron chi connectivity index (χ2n) is 5.14. The van der Waals surface area contributed by atoms with Crippen LogP contribution >= 0.6 is 0 Å². The van der Waals surface area contributed by atoms with Gasteiger partial charge in [-0.05, 0) is 37.1 Å². The van der Waals surface area contributed by atoms with Gasteiger partial charge in [0, 0.05) is 17.5 Å². The highest BCUT2D eigenvalue weighted by Crippen LogP contribution is 2.44. The van der Waals surface area contributed by atoms with Crippen molar-refractivity contribution in [2.45, 2.75) is 18.8 Å². The molecule has 0 heterocycles. The molecule has 1 aromatic carbocycles. The minimum Gasteiger partial charge on any atom is -0.497 e. The SMILES string of the molecule is COc1ccc(C(F)(F)C(=O)NCC2(CO)CC2)cc1. The van der Waals surface area contributed by atoms with Crippen LogP contribution in [0.15, 0.2) is 24.3 Å².